The van der Waals surface area contributed by atoms with Crippen LogP contribution in [0.1, 0.15) is 27.3 Å². The molecule has 2 N–H and O–H groups in total. The highest BCUT2D eigenvalue weighted by atomic mass is 16.3. The molecule has 0 radical (unpaired) electrons. The second kappa shape index (κ2) is 5.81. The zero-order valence-corrected chi connectivity index (χ0v) is 13.3. The molecule has 6 heteroatoms. The van der Waals surface area contributed by atoms with Gasteiger partial charge in [-0.15, -0.1) is 0 Å². The summed E-state index contributed by atoms with van der Waals surface area (Å²) in [6, 6.07) is 8.90. The fourth-order valence-electron chi connectivity index (χ4n) is 2.69. The number of carbonyl (C=O) groups excluding carboxylic acids is 1. The molecule has 0 unspecified atom stereocenters. The molecule has 6 nitrogen and oxygen atoms in total. The number of nitrogens with one attached hydrogen (secondary N) is 1. The van der Waals surface area contributed by atoms with Crippen LogP contribution in [-0.2, 0) is 13.7 Å². The van der Waals surface area contributed by atoms with E-state index in [4.69, 9.17) is 0 Å². The summed E-state index contributed by atoms with van der Waals surface area (Å²) in [4.78, 5) is 17.2. The third-order valence-electron chi connectivity index (χ3n) is 3.71. The average Bonchev–Trinajstić information content (AvgIpc) is 2.81. The number of aromatic nitrogens is 3. The van der Waals surface area contributed by atoms with E-state index in [0.717, 1.165) is 22.3 Å². The molecule has 2 heterocycles. The Hall–Kier alpha value is -2.73. The van der Waals surface area contributed by atoms with Crippen LogP contribution in [0.2, 0.25) is 0 Å². The molecule has 0 aliphatic rings. The van der Waals surface area contributed by atoms with E-state index < -0.39 is 0 Å². The van der Waals surface area contributed by atoms with Gasteiger partial charge in [0.25, 0.3) is 5.91 Å². The zero-order valence-electron chi connectivity index (χ0n) is 13.3. The second-order valence-corrected chi connectivity index (χ2v) is 5.53. The van der Waals surface area contributed by atoms with Gasteiger partial charge in [-0.2, -0.15) is 5.10 Å². The van der Waals surface area contributed by atoms with Gasteiger partial charge >= 0.3 is 0 Å². The van der Waals surface area contributed by atoms with Crippen molar-refractivity contribution in [3.05, 3.63) is 52.8 Å². The van der Waals surface area contributed by atoms with Crippen LogP contribution < -0.4 is 5.32 Å². The van der Waals surface area contributed by atoms with Crippen molar-refractivity contribution in [2.24, 2.45) is 7.05 Å². The summed E-state index contributed by atoms with van der Waals surface area (Å²) in [6.07, 6.45) is 0. The molecule has 0 fully saturated rings. The number of carbonyl (C=O) groups is 1. The van der Waals surface area contributed by atoms with Crippen LogP contribution in [0.25, 0.3) is 11.0 Å². The lowest BCUT2D eigenvalue weighted by Gasteiger charge is -2.09. The van der Waals surface area contributed by atoms with E-state index in [9.17, 15) is 9.90 Å². The molecule has 0 atom stereocenters. The van der Waals surface area contributed by atoms with Crippen molar-refractivity contribution in [2.75, 3.05) is 5.32 Å². The fraction of sp³-hybridized carbons (Fsp3) is 0.235. The van der Waals surface area contributed by atoms with Crippen molar-refractivity contribution in [1.82, 2.24) is 14.8 Å². The van der Waals surface area contributed by atoms with E-state index in [2.05, 4.69) is 15.4 Å². The number of benzene rings is 1. The smallest absolute Gasteiger partial charge is 0.256 e. The molecule has 0 saturated carbocycles. The molecular formula is C17H18N4O2. The molecule has 3 rings (SSSR count). The lowest BCUT2D eigenvalue weighted by Crippen LogP contribution is -2.13. The van der Waals surface area contributed by atoms with Gasteiger partial charge in [-0.05, 0) is 37.6 Å². The molecule has 2 aromatic heterocycles. The largest absolute Gasteiger partial charge is 0.392 e. The first-order valence-corrected chi connectivity index (χ1v) is 7.31. The number of anilines is 1. The van der Waals surface area contributed by atoms with Crippen molar-refractivity contribution in [2.45, 2.75) is 20.5 Å². The van der Waals surface area contributed by atoms with Crippen LogP contribution >= 0.6 is 0 Å². The van der Waals surface area contributed by atoms with E-state index >= 15 is 0 Å². The third-order valence-corrected chi connectivity index (χ3v) is 3.71. The Bertz CT molecular complexity index is 899. The molecule has 0 saturated heterocycles. The van der Waals surface area contributed by atoms with Crippen molar-refractivity contribution >= 4 is 22.6 Å². The van der Waals surface area contributed by atoms with Gasteiger partial charge in [-0.25, -0.2) is 4.98 Å². The van der Waals surface area contributed by atoms with Crippen molar-refractivity contribution in [3.8, 4) is 0 Å². The Kier molecular flexibility index (Phi) is 3.83. The number of aliphatic hydroxyl groups excluding tert-OH is 1. The number of nitrogens with zero attached hydrogens (tertiary/aromatic N) is 3. The quantitative estimate of drug-likeness (QED) is 0.778. The summed E-state index contributed by atoms with van der Waals surface area (Å²) in [5.74, 6) is -0.216. The number of hydrogen-bond acceptors (Lipinski definition) is 4. The molecule has 0 bridgehead atoms. The number of pyridine rings is 1. The molecule has 3 aromatic rings. The van der Waals surface area contributed by atoms with Crippen LogP contribution in [0.15, 0.2) is 30.3 Å². The van der Waals surface area contributed by atoms with Crippen molar-refractivity contribution < 1.29 is 9.90 Å². The topological polar surface area (TPSA) is 80.0 Å². The minimum absolute atomic E-state index is 0.0654. The Morgan fingerprint density at radius 2 is 2.09 bits per heavy atom. The van der Waals surface area contributed by atoms with Gasteiger partial charge in [0.15, 0.2) is 5.65 Å². The first kappa shape index (κ1) is 15.2. The van der Waals surface area contributed by atoms with Crippen LogP contribution in [-0.4, -0.2) is 25.8 Å². The highest BCUT2D eigenvalue weighted by Gasteiger charge is 2.17. The van der Waals surface area contributed by atoms with Gasteiger partial charge in [-0.1, -0.05) is 12.1 Å². The lowest BCUT2D eigenvalue weighted by molar-refractivity contribution is 0.102. The number of rotatable bonds is 3. The summed E-state index contributed by atoms with van der Waals surface area (Å²) in [6.45, 7) is 3.65. The molecule has 0 aliphatic heterocycles. The van der Waals surface area contributed by atoms with Gasteiger partial charge in [0, 0.05) is 18.4 Å². The Labute approximate surface area is 133 Å². The van der Waals surface area contributed by atoms with E-state index in [1.165, 1.54) is 0 Å². The molecule has 0 spiro atoms. The van der Waals surface area contributed by atoms with E-state index in [1.54, 1.807) is 35.0 Å². The van der Waals surface area contributed by atoms with Gasteiger partial charge in [-0.3, -0.25) is 9.48 Å². The summed E-state index contributed by atoms with van der Waals surface area (Å²) >= 11 is 0. The number of fused-ring (bicyclic) bond motifs is 1. The Balaban J connectivity index is 2.03. The third kappa shape index (κ3) is 2.80. The van der Waals surface area contributed by atoms with Crippen LogP contribution in [0.5, 0.6) is 0 Å². The second-order valence-electron chi connectivity index (χ2n) is 5.53. The fourth-order valence-corrected chi connectivity index (χ4v) is 2.69. The predicted octanol–water partition coefficient (Wildman–Crippen LogP) is 2.33. The van der Waals surface area contributed by atoms with Gasteiger partial charge < -0.3 is 10.4 Å². The maximum Gasteiger partial charge on any atom is 0.256 e. The van der Waals surface area contributed by atoms with Crippen LogP contribution in [0, 0.1) is 13.8 Å². The predicted molar refractivity (Wildman–Crippen MR) is 88.3 cm³/mol. The standard InChI is InChI=1S/C17H18N4O2/c1-10-7-14(15-11(2)20-21(3)16(15)18-10)17(23)19-13-6-4-5-12(8-13)9-22/h4-8,22H,9H2,1-3H3,(H,19,23). The van der Waals surface area contributed by atoms with Crippen LogP contribution in [0.3, 0.4) is 0 Å². The summed E-state index contributed by atoms with van der Waals surface area (Å²) in [7, 11) is 1.81. The average molecular weight is 310 g/mol. The normalized spacial score (nSPS) is 11.0. The van der Waals surface area contributed by atoms with Crippen molar-refractivity contribution in [1.29, 1.82) is 0 Å². The number of hydrogen-bond donors (Lipinski definition) is 2. The highest BCUT2D eigenvalue weighted by Crippen LogP contribution is 2.23. The zero-order chi connectivity index (χ0) is 16.6. The number of amides is 1. The molecule has 1 amide bonds. The number of aryl methyl sites for hydroxylation is 3. The molecule has 1 aromatic carbocycles. The van der Waals surface area contributed by atoms with E-state index in [1.807, 2.05) is 20.9 Å². The minimum Gasteiger partial charge on any atom is -0.392 e. The molecule has 118 valence electrons. The maximum atomic E-state index is 12.7. The molecule has 0 aliphatic carbocycles. The van der Waals surface area contributed by atoms with Crippen LogP contribution in [0.4, 0.5) is 5.69 Å². The number of aliphatic hydroxyl groups is 1. The Morgan fingerprint density at radius 1 is 1.30 bits per heavy atom. The monoisotopic (exact) mass is 310 g/mol. The van der Waals surface area contributed by atoms with E-state index in [0.29, 0.717) is 16.9 Å². The molecule has 23 heavy (non-hydrogen) atoms. The van der Waals surface area contributed by atoms with Gasteiger partial charge in [0.05, 0.1) is 23.3 Å². The summed E-state index contributed by atoms with van der Waals surface area (Å²) in [5, 5.41) is 17.2. The maximum absolute atomic E-state index is 12.7. The summed E-state index contributed by atoms with van der Waals surface area (Å²) in [5.41, 5.74) is 4.16. The molecular weight excluding hydrogens is 292 g/mol. The Morgan fingerprint density at radius 3 is 2.83 bits per heavy atom. The van der Waals surface area contributed by atoms with Gasteiger partial charge in [0.2, 0.25) is 0 Å². The minimum atomic E-state index is -0.216. The summed E-state index contributed by atoms with van der Waals surface area (Å²) < 4.78 is 1.68. The van der Waals surface area contributed by atoms with Crippen molar-refractivity contribution in [3.63, 3.8) is 0 Å². The highest BCUT2D eigenvalue weighted by molar-refractivity contribution is 6.12. The van der Waals surface area contributed by atoms with Gasteiger partial charge in [0.1, 0.15) is 0 Å². The lowest BCUT2D eigenvalue weighted by atomic mass is 10.1. The first-order valence-electron chi connectivity index (χ1n) is 7.31. The first-order chi connectivity index (χ1) is 11.0. The van der Waals surface area contributed by atoms with E-state index in [-0.39, 0.29) is 12.5 Å². The SMILES string of the molecule is Cc1cc(C(=O)Nc2cccc(CO)c2)c2c(C)nn(C)c2n1.